The minimum Gasteiger partial charge on any atom is -0.348 e. The normalized spacial score (nSPS) is 20.0. The second-order valence-electron chi connectivity index (χ2n) is 8.66. The molecule has 2 aliphatic rings. The van der Waals surface area contributed by atoms with Gasteiger partial charge in [-0.05, 0) is 47.6 Å². The summed E-state index contributed by atoms with van der Waals surface area (Å²) in [6, 6.07) is 24.9. The average Bonchev–Trinajstić information content (AvgIpc) is 3.32. The lowest BCUT2D eigenvalue weighted by atomic mass is 9.92. The Labute approximate surface area is 192 Å². The van der Waals surface area contributed by atoms with Crippen molar-refractivity contribution in [3.05, 3.63) is 95.6 Å². The molecule has 1 saturated heterocycles. The third-order valence-corrected chi connectivity index (χ3v) is 6.62. The van der Waals surface area contributed by atoms with Crippen LogP contribution in [-0.2, 0) is 21.5 Å². The van der Waals surface area contributed by atoms with Crippen molar-refractivity contribution in [2.45, 2.75) is 31.3 Å². The largest absolute Gasteiger partial charge is 0.348 e. The van der Waals surface area contributed by atoms with Crippen LogP contribution in [0.3, 0.4) is 0 Å². The van der Waals surface area contributed by atoms with Crippen LogP contribution in [0.2, 0.25) is 0 Å². The highest BCUT2D eigenvalue weighted by molar-refractivity contribution is 6.09. The van der Waals surface area contributed by atoms with E-state index in [1.54, 1.807) is 0 Å². The van der Waals surface area contributed by atoms with Crippen LogP contribution in [0.5, 0.6) is 0 Å². The van der Waals surface area contributed by atoms with Gasteiger partial charge >= 0.3 is 6.03 Å². The number of fused-ring (bicyclic) bond motifs is 2. The van der Waals surface area contributed by atoms with Crippen LogP contribution in [0.4, 0.5) is 4.79 Å². The van der Waals surface area contributed by atoms with E-state index < -0.39 is 11.6 Å². The highest BCUT2D eigenvalue weighted by Crippen LogP contribution is 2.41. The Balaban J connectivity index is 1.25. The molecular formula is C27H25N3O3. The Morgan fingerprint density at radius 1 is 0.970 bits per heavy atom. The molecule has 1 aliphatic heterocycles. The van der Waals surface area contributed by atoms with Crippen LogP contribution < -0.4 is 10.6 Å². The summed E-state index contributed by atoms with van der Waals surface area (Å²) in [5, 5.41) is 5.76. The number of nitrogens with zero attached hydrogens (tertiary/aromatic N) is 1. The van der Waals surface area contributed by atoms with Crippen LogP contribution in [0.25, 0.3) is 11.1 Å². The molecule has 3 aromatic carbocycles. The molecule has 6 heteroatoms. The van der Waals surface area contributed by atoms with Gasteiger partial charge in [0.25, 0.3) is 5.91 Å². The van der Waals surface area contributed by atoms with Crippen molar-refractivity contribution >= 4 is 17.8 Å². The number of urea groups is 1. The molecule has 166 valence electrons. The zero-order chi connectivity index (χ0) is 23.0. The topological polar surface area (TPSA) is 78.5 Å². The van der Waals surface area contributed by atoms with Gasteiger partial charge in [0, 0.05) is 0 Å². The van der Waals surface area contributed by atoms with Gasteiger partial charge in [-0.3, -0.25) is 14.5 Å². The molecular weight excluding hydrogens is 414 g/mol. The summed E-state index contributed by atoms with van der Waals surface area (Å²) in [6.45, 7) is 1.58. The molecule has 5 rings (SSSR count). The fraction of sp³-hybridized carbons (Fsp3) is 0.222. The Hall–Kier alpha value is -3.93. The third-order valence-electron chi connectivity index (χ3n) is 6.62. The Kier molecular flexibility index (Phi) is 5.21. The van der Waals surface area contributed by atoms with E-state index in [1.165, 1.54) is 0 Å². The number of imide groups is 1. The van der Waals surface area contributed by atoms with E-state index in [0.717, 1.165) is 39.1 Å². The summed E-state index contributed by atoms with van der Waals surface area (Å²) in [5.41, 5.74) is 4.01. The second kappa shape index (κ2) is 8.20. The first-order valence-corrected chi connectivity index (χ1v) is 11.2. The summed E-state index contributed by atoms with van der Waals surface area (Å²) in [7, 11) is 0. The molecule has 0 saturated carbocycles. The molecule has 6 nitrogen and oxygen atoms in total. The maximum atomic E-state index is 13.2. The summed E-state index contributed by atoms with van der Waals surface area (Å²) in [4.78, 5) is 39.6. The molecule has 4 amide bonds. The maximum absolute atomic E-state index is 13.2. The molecule has 1 aliphatic carbocycles. The molecule has 1 heterocycles. The lowest BCUT2D eigenvalue weighted by molar-refractivity contribution is -0.135. The van der Waals surface area contributed by atoms with E-state index in [1.807, 2.05) is 85.8 Å². The molecule has 3 aromatic rings. The van der Waals surface area contributed by atoms with Crippen molar-refractivity contribution in [3.63, 3.8) is 0 Å². The Bertz CT molecular complexity index is 1220. The van der Waals surface area contributed by atoms with Gasteiger partial charge in [-0.25, -0.2) is 4.79 Å². The second-order valence-corrected chi connectivity index (χ2v) is 8.66. The predicted molar refractivity (Wildman–Crippen MR) is 125 cm³/mol. The number of rotatable bonds is 5. The minimum absolute atomic E-state index is 0.260. The van der Waals surface area contributed by atoms with Gasteiger partial charge in [-0.1, -0.05) is 78.9 Å². The van der Waals surface area contributed by atoms with Gasteiger partial charge in [-0.15, -0.1) is 0 Å². The number of amides is 4. The first-order chi connectivity index (χ1) is 16.0. The first-order valence-electron chi connectivity index (χ1n) is 11.2. The Morgan fingerprint density at radius 3 is 2.39 bits per heavy atom. The van der Waals surface area contributed by atoms with Crippen molar-refractivity contribution in [3.8, 4) is 11.1 Å². The zero-order valence-corrected chi connectivity index (χ0v) is 18.4. The average molecular weight is 440 g/mol. The summed E-state index contributed by atoms with van der Waals surface area (Å²) >= 11 is 0. The monoisotopic (exact) mass is 439 g/mol. The molecule has 2 atom stereocenters. The van der Waals surface area contributed by atoms with Gasteiger partial charge in [0.1, 0.15) is 12.1 Å². The van der Waals surface area contributed by atoms with E-state index in [2.05, 4.69) is 10.6 Å². The molecule has 0 unspecified atom stereocenters. The number of carbonyl (C=O) groups is 3. The number of aryl methyl sites for hydroxylation is 1. The highest BCUT2D eigenvalue weighted by atomic mass is 16.2. The number of hydrogen-bond acceptors (Lipinski definition) is 3. The van der Waals surface area contributed by atoms with Crippen LogP contribution in [-0.4, -0.2) is 29.3 Å². The van der Waals surface area contributed by atoms with Gasteiger partial charge in [0.2, 0.25) is 5.91 Å². The van der Waals surface area contributed by atoms with Gasteiger partial charge in [0.05, 0.1) is 6.04 Å². The van der Waals surface area contributed by atoms with Crippen molar-refractivity contribution < 1.29 is 14.4 Å². The standard InChI is InChI=1S/C27H25N3O3/c1-18(19-11-13-21(14-12-19)20-7-3-2-4-8-20)28-24(31)17-30-25(32)27(29-26(30)33)16-15-22-9-5-6-10-23(22)27/h2-14,18H,15-17H2,1H3,(H,28,31)(H,29,33)/t18-,27-/m1/s1. The van der Waals surface area contributed by atoms with Gasteiger partial charge in [0.15, 0.2) is 0 Å². The van der Waals surface area contributed by atoms with Crippen molar-refractivity contribution in [1.82, 2.24) is 15.5 Å². The van der Waals surface area contributed by atoms with E-state index in [0.29, 0.717) is 6.42 Å². The molecule has 0 bridgehead atoms. The Morgan fingerprint density at radius 2 is 1.64 bits per heavy atom. The van der Waals surface area contributed by atoms with Crippen molar-refractivity contribution in [1.29, 1.82) is 0 Å². The van der Waals surface area contributed by atoms with Crippen molar-refractivity contribution in [2.24, 2.45) is 0 Å². The number of hydrogen-bond donors (Lipinski definition) is 2. The summed E-state index contributed by atoms with van der Waals surface area (Å²) in [6.07, 6.45) is 1.23. The predicted octanol–water partition coefficient (Wildman–Crippen LogP) is 3.92. The SMILES string of the molecule is C[C@@H](NC(=O)CN1C(=O)N[C@@]2(CCc3ccccc32)C1=O)c1ccc(-c2ccccc2)cc1. The minimum atomic E-state index is -1.05. The van der Waals surface area contributed by atoms with Crippen molar-refractivity contribution in [2.75, 3.05) is 6.54 Å². The number of carbonyl (C=O) groups excluding carboxylic acids is 3. The third kappa shape index (κ3) is 3.67. The van der Waals surface area contributed by atoms with Gasteiger partial charge in [-0.2, -0.15) is 0 Å². The van der Waals surface area contributed by atoms with Crippen LogP contribution >= 0.6 is 0 Å². The lowest BCUT2D eigenvalue weighted by Gasteiger charge is -2.22. The molecule has 1 spiro atoms. The number of benzene rings is 3. The zero-order valence-electron chi connectivity index (χ0n) is 18.4. The molecule has 0 radical (unpaired) electrons. The molecule has 1 fully saturated rings. The maximum Gasteiger partial charge on any atom is 0.325 e. The fourth-order valence-corrected chi connectivity index (χ4v) is 4.84. The smallest absolute Gasteiger partial charge is 0.325 e. The molecule has 2 N–H and O–H groups in total. The first kappa shape index (κ1) is 20.9. The van der Waals surface area contributed by atoms with E-state index in [-0.39, 0.29) is 24.4 Å². The summed E-state index contributed by atoms with van der Waals surface area (Å²) in [5.74, 6) is -0.728. The van der Waals surface area contributed by atoms with E-state index in [4.69, 9.17) is 0 Å². The lowest BCUT2D eigenvalue weighted by Crippen LogP contribution is -2.44. The fourth-order valence-electron chi connectivity index (χ4n) is 4.84. The van der Waals surface area contributed by atoms with E-state index in [9.17, 15) is 14.4 Å². The van der Waals surface area contributed by atoms with Gasteiger partial charge < -0.3 is 10.6 Å². The summed E-state index contributed by atoms with van der Waals surface area (Å²) < 4.78 is 0. The molecule has 33 heavy (non-hydrogen) atoms. The van der Waals surface area contributed by atoms with Crippen LogP contribution in [0.15, 0.2) is 78.9 Å². The van der Waals surface area contributed by atoms with Crippen LogP contribution in [0, 0.1) is 0 Å². The van der Waals surface area contributed by atoms with Crippen LogP contribution in [0.1, 0.15) is 36.1 Å². The van der Waals surface area contributed by atoms with E-state index >= 15 is 0 Å². The quantitative estimate of drug-likeness (QED) is 0.592. The number of nitrogens with one attached hydrogen (secondary N) is 2. The highest BCUT2D eigenvalue weighted by Gasteiger charge is 2.55. The molecule has 0 aromatic heterocycles.